The van der Waals surface area contributed by atoms with Crippen LogP contribution in [0.5, 0.6) is 0 Å². The Hall–Kier alpha value is -4.28. The molecule has 1 amide bonds. The summed E-state index contributed by atoms with van der Waals surface area (Å²) in [7, 11) is 0. The zero-order valence-electron chi connectivity index (χ0n) is 18.1. The Labute approximate surface area is 187 Å². The Balaban J connectivity index is 1.23. The summed E-state index contributed by atoms with van der Waals surface area (Å²) in [4.78, 5) is 27.9. The number of aromatic nitrogens is 8. The zero-order valence-corrected chi connectivity index (χ0v) is 18.1. The third-order valence-corrected chi connectivity index (χ3v) is 5.85. The highest BCUT2D eigenvalue weighted by Gasteiger charge is 2.20. The summed E-state index contributed by atoms with van der Waals surface area (Å²) in [6.45, 7) is 4.89. The fraction of sp³-hybridized carbons (Fsp3) is 0.273. The van der Waals surface area contributed by atoms with Crippen molar-refractivity contribution in [2.45, 2.75) is 39.8 Å². The van der Waals surface area contributed by atoms with Crippen LogP contribution in [-0.2, 0) is 19.5 Å². The van der Waals surface area contributed by atoms with Crippen molar-refractivity contribution in [3.05, 3.63) is 53.3 Å². The van der Waals surface area contributed by atoms with Crippen LogP contribution >= 0.6 is 0 Å². The average molecular weight is 443 g/mol. The molecule has 0 aliphatic carbocycles. The summed E-state index contributed by atoms with van der Waals surface area (Å²) in [6.07, 6.45) is 2.00. The Morgan fingerprint density at radius 3 is 2.94 bits per heavy atom. The molecular weight excluding hydrogens is 422 g/mol. The van der Waals surface area contributed by atoms with Crippen LogP contribution in [-0.4, -0.2) is 45.8 Å². The Morgan fingerprint density at radius 2 is 2.09 bits per heavy atom. The minimum absolute atomic E-state index is 0.264. The molecule has 0 atom stereocenters. The van der Waals surface area contributed by atoms with Crippen LogP contribution in [0.3, 0.4) is 0 Å². The molecule has 0 unspecified atom stereocenters. The Morgan fingerprint density at radius 1 is 1.18 bits per heavy atom. The van der Waals surface area contributed by atoms with Crippen LogP contribution in [0.1, 0.15) is 40.2 Å². The number of rotatable bonds is 5. The maximum Gasteiger partial charge on any atom is 0.287 e. The van der Waals surface area contributed by atoms with Crippen molar-refractivity contribution < 1.29 is 9.32 Å². The largest absolute Gasteiger partial charge is 0.351 e. The minimum Gasteiger partial charge on any atom is -0.351 e. The van der Waals surface area contributed by atoms with Gasteiger partial charge in [-0.05, 0) is 38.5 Å². The van der Waals surface area contributed by atoms with E-state index in [0.717, 1.165) is 64.6 Å². The summed E-state index contributed by atoms with van der Waals surface area (Å²) in [5.74, 6) is 2.75. The maximum atomic E-state index is 12.7. The Kier molecular flexibility index (Phi) is 4.35. The van der Waals surface area contributed by atoms with Gasteiger partial charge in [-0.25, -0.2) is 4.98 Å². The molecule has 0 saturated carbocycles. The van der Waals surface area contributed by atoms with Crippen LogP contribution in [0.4, 0.5) is 0 Å². The number of aromatic amines is 2. The number of imidazole rings is 1. The highest BCUT2D eigenvalue weighted by atomic mass is 16.5. The van der Waals surface area contributed by atoms with E-state index in [-0.39, 0.29) is 11.7 Å². The fourth-order valence-electron chi connectivity index (χ4n) is 4.24. The number of H-pyrrole nitrogens is 2. The van der Waals surface area contributed by atoms with E-state index in [2.05, 4.69) is 45.2 Å². The van der Waals surface area contributed by atoms with Gasteiger partial charge in [0.1, 0.15) is 11.5 Å². The first-order valence-electron chi connectivity index (χ1n) is 10.7. The van der Waals surface area contributed by atoms with Crippen LogP contribution in [0, 0.1) is 13.8 Å². The molecule has 1 aromatic carbocycles. The molecule has 11 heteroatoms. The SMILES string of the molecule is Cc1noc(-c2cc3cc(-c4nc(C(=O)NCc5nnc6n5CCC6)[nH]c4C)ccc3[nH]2)n1. The first-order chi connectivity index (χ1) is 16.0. The van der Waals surface area contributed by atoms with Gasteiger partial charge in [0, 0.05) is 35.1 Å². The normalized spacial score (nSPS) is 13.0. The van der Waals surface area contributed by atoms with Crippen LogP contribution in [0.2, 0.25) is 0 Å². The number of carbonyl (C=O) groups is 1. The Bertz CT molecular complexity index is 1500. The molecule has 5 aromatic rings. The molecule has 0 fully saturated rings. The van der Waals surface area contributed by atoms with E-state index in [0.29, 0.717) is 18.3 Å². The number of nitrogens with one attached hydrogen (secondary N) is 3. The predicted octanol–water partition coefficient (Wildman–Crippen LogP) is 2.69. The number of carbonyl (C=O) groups excluding carboxylic acids is 1. The van der Waals surface area contributed by atoms with Crippen molar-refractivity contribution >= 4 is 16.8 Å². The second-order valence-electron chi connectivity index (χ2n) is 8.16. The molecule has 11 nitrogen and oxygen atoms in total. The second-order valence-corrected chi connectivity index (χ2v) is 8.16. The lowest BCUT2D eigenvalue weighted by Gasteiger charge is -2.04. The maximum absolute atomic E-state index is 12.7. The standard InChI is InChI=1S/C22H21N9O2/c1-11-19(13-5-6-15-14(8-13)9-16(26-15)22-25-12(2)30-33-22)27-20(24-11)21(32)23-10-18-29-28-17-4-3-7-31(17)18/h5-6,8-9,26H,3-4,7,10H2,1-2H3,(H,23,32)(H,24,27). The minimum atomic E-state index is -0.281. The number of amides is 1. The summed E-state index contributed by atoms with van der Waals surface area (Å²) >= 11 is 0. The van der Waals surface area contributed by atoms with Crippen molar-refractivity contribution in [2.24, 2.45) is 0 Å². The van der Waals surface area contributed by atoms with Gasteiger partial charge in [0.05, 0.1) is 12.2 Å². The van der Waals surface area contributed by atoms with Crippen LogP contribution < -0.4 is 5.32 Å². The van der Waals surface area contributed by atoms with Crippen molar-refractivity contribution in [1.82, 2.24) is 45.2 Å². The molecule has 4 aromatic heterocycles. The molecular formula is C22H21N9O2. The van der Waals surface area contributed by atoms with E-state index in [4.69, 9.17) is 4.52 Å². The molecule has 3 N–H and O–H groups in total. The molecule has 6 rings (SSSR count). The van der Waals surface area contributed by atoms with Gasteiger partial charge in [-0.2, -0.15) is 4.98 Å². The molecule has 0 saturated heterocycles. The molecule has 0 radical (unpaired) electrons. The highest BCUT2D eigenvalue weighted by molar-refractivity contribution is 5.92. The molecule has 1 aliphatic heterocycles. The van der Waals surface area contributed by atoms with Gasteiger partial charge in [-0.15, -0.1) is 10.2 Å². The van der Waals surface area contributed by atoms with E-state index in [1.165, 1.54) is 0 Å². The number of nitrogens with zero attached hydrogens (tertiary/aromatic N) is 6. The van der Waals surface area contributed by atoms with E-state index in [1.54, 1.807) is 6.92 Å². The quantitative estimate of drug-likeness (QED) is 0.379. The number of fused-ring (bicyclic) bond motifs is 2. The van der Waals surface area contributed by atoms with Gasteiger partial charge in [0.2, 0.25) is 0 Å². The lowest BCUT2D eigenvalue weighted by Crippen LogP contribution is -2.25. The monoisotopic (exact) mass is 443 g/mol. The molecule has 5 heterocycles. The lowest BCUT2D eigenvalue weighted by atomic mass is 10.1. The van der Waals surface area contributed by atoms with Crippen molar-refractivity contribution in [2.75, 3.05) is 0 Å². The van der Waals surface area contributed by atoms with Crippen molar-refractivity contribution in [3.8, 4) is 22.8 Å². The van der Waals surface area contributed by atoms with Crippen molar-refractivity contribution in [1.29, 1.82) is 0 Å². The molecule has 0 spiro atoms. The fourth-order valence-corrected chi connectivity index (χ4v) is 4.24. The van der Waals surface area contributed by atoms with Crippen molar-refractivity contribution in [3.63, 3.8) is 0 Å². The van der Waals surface area contributed by atoms with E-state index >= 15 is 0 Å². The first kappa shape index (κ1) is 19.4. The van der Waals surface area contributed by atoms with Gasteiger partial charge in [-0.1, -0.05) is 11.2 Å². The zero-order chi connectivity index (χ0) is 22.5. The van der Waals surface area contributed by atoms with Gasteiger partial charge < -0.3 is 24.4 Å². The molecule has 1 aliphatic rings. The topological polar surface area (TPSA) is 143 Å². The van der Waals surface area contributed by atoms with Gasteiger partial charge >= 0.3 is 0 Å². The lowest BCUT2D eigenvalue weighted by molar-refractivity contribution is 0.0940. The number of aryl methyl sites for hydroxylation is 3. The molecule has 33 heavy (non-hydrogen) atoms. The van der Waals surface area contributed by atoms with Gasteiger partial charge in [0.15, 0.2) is 17.5 Å². The highest BCUT2D eigenvalue weighted by Crippen LogP contribution is 2.28. The van der Waals surface area contributed by atoms with Gasteiger partial charge in [0.25, 0.3) is 11.8 Å². The number of hydrogen-bond donors (Lipinski definition) is 3. The number of hydrogen-bond acceptors (Lipinski definition) is 7. The summed E-state index contributed by atoms with van der Waals surface area (Å²) in [5, 5.41) is 16.1. The summed E-state index contributed by atoms with van der Waals surface area (Å²) in [5.41, 5.74) is 4.13. The number of benzene rings is 1. The predicted molar refractivity (Wildman–Crippen MR) is 118 cm³/mol. The van der Waals surface area contributed by atoms with E-state index in [1.807, 2.05) is 31.2 Å². The first-order valence-corrected chi connectivity index (χ1v) is 10.7. The second kappa shape index (κ2) is 7.40. The van der Waals surface area contributed by atoms with E-state index < -0.39 is 0 Å². The molecule has 166 valence electrons. The van der Waals surface area contributed by atoms with Crippen LogP contribution in [0.25, 0.3) is 33.7 Å². The third-order valence-electron chi connectivity index (χ3n) is 5.85. The van der Waals surface area contributed by atoms with Crippen LogP contribution in [0.15, 0.2) is 28.8 Å². The van der Waals surface area contributed by atoms with Gasteiger partial charge in [-0.3, -0.25) is 4.79 Å². The third kappa shape index (κ3) is 3.37. The van der Waals surface area contributed by atoms with E-state index in [9.17, 15) is 4.79 Å². The molecule has 0 bridgehead atoms. The average Bonchev–Trinajstić information content (AvgIpc) is 3.59. The summed E-state index contributed by atoms with van der Waals surface area (Å²) in [6, 6.07) is 7.91. The smallest absolute Gasteiger partial charge is 0.287 e. The summed E-state index contributed by atoms with van der Waals surface area (Å²) < 4.78 is 7.32.